The van der Waals surface area contributed by atoms with Crippen molar-refractivity contribution in [1.29, 1.82) is 0 Å². The van der Waals surface area contributed by atoms with E-state index < -0.39 is 0 Å². The fourth-order valence-electron chi connectivity index (χ4n) is 3.57. The van der Waals surface area contributed by atoms with Crippen molar-refractivity contribution < 1.29 is 19.0 Å². The van der Waals surface area contributed by atoms with Gasteiger partial charge in [-0.2, -0.15) is 0 Å². The first kappa shape index (κ1) is 23.3. The third-order valence-corrected chi connectivity index (χ3v) is 7.23. The summed E-state index contributed by atoms with van der Waals surface area (Å²) in [5.41, 5.74) is 1.91. The van der Waals surface area contributed by atoms with Gasteiger partial charge >= 0.3 is 0 Å². The van der Waals surface area contributed by atoms with Gasteiger partial charge in [0.1, 0.15) is 10.9 Å². The zero-order valence-electron chi connectivity index (χ0n) is 17.7. The van der Waals surface area contributed by atoms with E-state index in [1.807, 2.05) is 55.5 Å². The van der Waals surface area contributed by atoms with Crippen molar-refractivity contribution >= 4 is 56.2 Å². The SMILES string of the molecule is CCOc1cc(/C=C2\SC(=S)N(C[C@@H]3CCCO3)C2=O)c(Br)cc1OCc1ccccc1. The first-order valence-electron chi connectivity index (χ1n) is 10.5. The Labute approximate surface area is 206 Å². The van der Waals surface area contributed by atoms with Crippen LogP contribution in [0.2, 0.25) is 0 Å². The zero-order chi connectivity index (χ0) is 22.5. The van der Waals surface area contributed by atoms with Crippen molar-refractivity contribution in [2.45, 2.75) is 32.5 Å². The number of hydrogen-bond donors (Lipinski definition) is 0. The molecule has 2 heterocycles. The Morgan fingerprint density at radius 2 is 2.03 bits per heavy atom. The van der Waals surface area contributed by atoms with Gasteiger partial charge in [0.25, 0.3) is 5.91 Å². The standard InChI is InChI=1S/C24H24BrNO4S2/c1-2-28-20-11-17(19(25)13-21(20)30-15-16-7-4-3-5-8-16)12-22-23(27)26(24(31)32-22)14-18-9-6-10-29-18/h3-5,7-8,11-13,18H,2,6,9-10,14-15H2,1H3/b22-12-/t18-/m0/s1. The highest BCUT2D eigenvalue weighted by molar-refractivity contribution is 9.10. The van der Waals surface area contributed by atoms with Crippen LogP contribution in [-0.4, -0.2) is 41.0 Å². The quantitative estimate of drug-likeness (QED) is 0.315. The molecule has 168 valence electrons. The van der Waals surface area contributed by atoms with Gasteiger partial charge in [0, 0.05) is 11.1 Å². The van der Waals surface area contributed by atoms with Gasteiger partial charge in [0.05, 0.1) is 24.2 Å². The van der Waals surface area contributed by atoms with E-state index >= 15 is 0 Å². The van der Waals surface area contributed by atoms with Crippen LogP contribution in [0.3, 0.4) is 0 Å². The van der Waals surface area contributed by atoms with Crippen molar-refractivity contribution in [3.8, 4) is 11.5 Å². The molecule has 0 N–H and O–H groups in total. The molecule has 5 nitrogen and oxygen atoms in total. The summed E-state index contributed by atoms with van der Waals surface area (Å²) in [5, 5.41) is 0. The predicted octanol–water partition coefficient (Wildman–Crippen LogP) is 5.81. The second-order valence-electron chi connectivity index (χ2n) is 7.46. The topological polar surface area (TPSA) is 48.0 Å². The fourth-order valence-corrected chi connectivity index (χ4v) is 5.27. The smallest absolute Gasteiger partial charge is 0.266 e. The molecule has 1 amide bonds. The Morgan fingerprint density at radius 3 is 2.75 bits per heavy atom. The maximum absolute atomic E-state index is 13.0. The van der Waals surface area contributed by atoms with E-state index in [-0.39, 0.29) is 12.0 Å². The molecule has 2 aromatic rings. The van der Waals surface area contributed by atoms with E-state index in [1.54, 1.807) is 4.90 Å². The first-order chi connectivity index (χ1) is 15.5. The van der Waals surface area contributed by atoms with E-state index in [0.717, 1.165) is 35.0 Å². The second kappa shape index (κ2) is 10.8. The van der Waals surface area contributed by atoms with Gasteiger partial charge < -0.3 is 14.2 Å². The second-order valence-corrected chi connectivity index (χ2v) is 9.99. The van der Waals surface area contributed by atoms with E-state index in [9.17, 15) is 4.79 Å². The first-order valence-corrected chi connectivity index (χ1v) is 12.6. The molecule has 2 aliphatic heterocycles. The number of thiocarbonyl (C=S) groups is 1. The molecule has 0 radical (unpaired) electrons. The largest absolute Gasteiger partial charge is 0.490 e. The number of amides is 1. The number of carbonyl (C=O) groups excluding carboxylic acids is 1. The minimum Gasteiger partial charge on any atom is -0.490 e. The molecule has 2 fully saturated rings. The number of thioether (sulfide) groups is 1. The Kier molecular flexibility index (Phi) is 7.88. The monoisotopic (exact) mass is 533 g/mol. The molecular formula is C24H24BrNO4S2. The molecular weight excluding hydrogens is 510 g/mol. The van der Waals surface area contributed by atoms with Crippen LogP contribution in [0.4, 0.5) is 0 Å². The number of benzene rings is 2. The van der Waals surface area contributed by atoms with Gasteiger partial charge in [-0.05, 0) is 49.1 Å². The maximum Gasteiger partial charge on any atom is 0.266 e. The van der Waals surface area contributed by atoms with Gasteiger partial charge in [0.2, 0.25) is 0 Å². The number of rotatable bonds is 8. The molecule has 0 aliphatic carbocycles. The normalized spacial score (nSPS) is 19.8. The molecule has 0 saturated carbocycles. The Morgan fingerprint density at radius 1 is 1.25 bits per heavy atom. The van der Waals surface area contributed by atoms with Gasteiger partial charge in [-0.25, -0.2) is 0 Å². The van der Waals surface area contributed by atoms with Gasteiger partial charge in [-0.1, -0.05) is 70.2 Å². The lowest BCUT2D eigenvalue weighted by Gasteiger charge is -2.18. The number of ether oxygens (including phenoxy) is 3. The molecule has 0 spiro atoms. The minimum absolute atomic E-state index is 0.0641. The van der Waals surface area contributed by atoms with Crippen LogP contribution < -0.4 is 9.47 Å². The van der Waals surface area contributed by atoms with Crippen molar-refractivity contribution in [3.05, 3.63) is 63.0 Å². The Balaban J connectivity index is 1.53. The molecule has 0 unspecified atom stereocenters. The average molecular weight is 534 g/mol. The molecule has 0 aromatic heterocycles. The van der Waals surface area contributed by atoms with Crippen molar-refractivity contribution in [2.24, 2.45) is 0 Å². The van der Waals surface area contributed by atoms with Crippen LogP contribution in [0, 0.1) is 0 Å². The summed E-state index contributed by atoms with van der Waals surface area (Å²) in [6.45, 7) is 4.14. The lowest BCUT2D eigenvalue weighted by atomic mass is 10.1. The third-order valence-electron chi connectivity index (χ3n) is 5.17. The molecule has 2 saturated heterocycles. The summed E-state index contributed by atoms with van der Waals surface area (Å²) < 4.78 is 18.9. The summed E-state index contributed by atoms with van der Waals surface area (Å²) in [6.07, 6.45) is 3.90. The molecule has 32 heavy (non-hydrogen) atoms. The highest BCUT2D eigenvalue weighted by atomic mass is 79.9. The minimum atomic E-state index is -0.0789. The highest BCUT2D eigenvalue weighted by Crippen LogP contribution is 2.39. The predicted molar refractivity (Wildman–Crippen MR) is 135 cm³/mol. The maximum atomic E-state index is 13.0. The summed E-state index contributed by atoms with van der Waals surface area (Å²) in [5.74, 6) is 1.20. The van der Waals surface area contributed by atoms with Crippen LogP contribution in [0.25, 0.3) is 6.08 Å². The van der Waals surface area contributed by atoms with E-state index in [0.29, 0.717) is 40.5 Å². The molecule has 1 atom stereocenters. The molecule has 0 bridgehead atoms. The lowest BCUT2D eigenvalue weighted by molar-refractivity contribution is -0.123. The molecule has 2 aromatic carbocycles. The van der Waals surface area contributed by atoms with Gasteiger partial charge in [0.15, 0.2) is 11.5 Å². The summed E-state index contributed by atoms with van der Waals surface area (Å²) >= 11 is 10.4. The summed E-state index contributed by atoms with van der Waals surface area (Å²) in [6, 6.07) is 13.7. The number of nitrogens with zero attached hydrogens (tertiary/aromatic N) is 1. The third kappa shape index (κ3) is 5.54. The molecule has 2 aliphatic rings. The summed E-state index contributed by atoms with van der Waals surface area (Å²) in [4.78, 5) is 15.2. The van der Waals surface area contributed by atoms with Crippen LogP contribution >= 0.6 is 39.9 Å². The van der Waals surface area contributed by atoms with Crippen LogP contribution in [0.5, 0.6) is 11.5 Å². The fraction of sp³-hybridized carbons (Fsp3) is 0.333. The zero-order valence-corrected chi connectivity index (χ0v) is 20.9. The summed E-state index contributed by atoms with van der Waals surface area (Å²) in [7, 11) is 0. The van der Waals surface area contributed by atoms with Gasteiger partial charge in [-0.3, -0.25) is 9.69 Å². The van der Waals surface area contributed by atoms with E-state index in [2.05, 4.69) is 15.9 Å². The Hall–Kier alpha value is -1.87. The van der Waals surface area contributed by atoms with Crippen molar-refractivity contribution in [2.75, 3.05) is 19.8 Å². The van der Waals surface area contributed by atoms with Crippen molar-refractivity contribution in [3.63, 3.8) is 0 Å². The van der Waals surface area contributed by atoms with Gasteiger partial charge in [-0.15, -0.1) is 0 Å². The molecule has 4 rings (SSSR count). The average Bonchev–Trinajstić information content (AvgIpc) is 3.40. The number of carbonyl (C=O) groups is 1. The van der Waals surface area contributed by atoms with E-state index in [4.69, 9.17) is 26.4 Å². The van der Waals surface area contributed by atoms with Crippen LogP contribution in [0.15, 0.2) is 51.8 Å². The van der Waals surface area contributed by atoms with Crippen LogP contribution in [-0.2, 0) is 16.1 Å². The lowest BCUT2D eigenvalue weighted by Crippen LogP contribution is -2.35. The van der Waals surface area contributed by atoms with Crippen LogP contribution in [0.1, 0.15) is 30.9 Å². The number of halogens is 1. The molecule has 8 heteroatoms. The van der Waals surface area contributed by atoms with E-state index in [1.165, 1.54) is 11.8 Å². The number of hydrogen-bond acceptors (Lipinski definition) is 6. The Bertz CT molecular complexity index is 1020. The highest BCUT2D eigenvalue weighted by Gasteiger charge is 2.34. The van der Waals surface area contributed by atoms with Crippen molar-refractivity contribution in [1.82, 2.24) is 4.90 Å².